The summed E-state index contributed by atoms with van der Waals surface area (Å²) in [5.41, 5.74) is 5.24. The van der Waals surface area contributed by atoms with Gasteiger partial charge in [0, 0.05) is 52.5 Å². The van der Waals surface area contributed by atoms with Gasteiger partial charge in [0.2, 0.25) is 5.91 Å². The molecule has 2 amide bonds. The molecule has 2 aromatic carbocycles. The number of fused-ring (bicyclic) bond motifs is 1. The van der Waals surface area contributed by atoms with E-state index in [0.29, 0.717) is 16.0 Å². The molecule has 15 heteroatoms. The summed E-state index contributed by atoms with van der Waals surface area (Å²) in [7, 11) is 0. The molecule has 0 bridgehead atoms. The Kier molecular flexibility index (Phi) is 9.67. The Balaban J connectivity index is 1.63. The predicted molar refractivity (Wildman–Crippen MR) is 154 cm³/mol. The van der Waals surface area contributed by atoms with Crippen LogP contribution in [0.5, 0.6) is 0 Å². The highest BCUT2D eigenvalue weighted by Crippen LogP contribution is 2.43. The number of carbonyl (C=O) groups is 3. The van der Waals surface area contributed by atoms with Crippen molar-refractivity contribution in [2.24, 2.45) is 5.73 Å². The highest BCUT2D eigenvalue weighted by Gasteiger charge is 2.42. The molecular formula is C29H28F3N5O6S. The fourth-order valence-electron chi connectivity index (χ4n) is 4.88. The van der Waals surface area contributed by atoms with Crippen molar-refractivity contribution in [2.45, 2.75) is 44.9 Å². The summed E-state index contributed by atoms with van der Waals surface area (Å²) in [5, 5.41) is 21.2. The highest BCUT2D eigenvalue weighted by atomic mass is 32.1. The number of benzene rings is 2. The zero-order chi connectivity index (χ0) is 32.2. The van der Waals surface area contributed by atoms with Crippen LogP contribution in [-0.4, -0.2) is 52.6 Å². The van der Waals surface area contributed by atoms with Crippen LogP contribution in [-0.2, 0) is 46.3 Å². The largest absolute Gasteiger partial charge is 0.466 e. The number of nitrogens with zero attached hydrogens (tertiary/aromatic N) is 2. The molecule has 11 nitrogen and oxygen atoms in total. The third-order valence-corrected chi connectivity index (χ3v) is 8.27. The number of amidine groups is 1. The van der Waals surface area contributed by atoms with Crippen molar-refractivity contribution in [1.82, 2.24) is 10.2 Å². The Hall–Kier alpha value is -4.79. The van der Waals surface area contributed by atoms with Gasteiger partial charge in [-0.3, -0.25) is 29.9 Å². The number of alkyl halides is 3. The van der Waals surface area contributed by atoms with Crippen molar-refractivity contribution >= 4 is 40.6 Å². The first-order chi connectivity index (χ1) is 20.8. The molecule has 0 aliphatic carbocycles. The van der Waals surface area contributed by atoms with Gasteiger partial charge < -0.3 is 20.7 Å². The highest BCUT2D eigenvalue weighted by molar-refractivity contribution is 7.12. The van der Waals surface area contributed by atoms with Crippen LogP contribution in [0.2, 0.25) is 0 Å². The zero-order valence-corrected chi connectivity index (χ0v) is 24.2. The molecule has 0 fully saturated rings. The molecular weight excluding hydrogens is 603 g/mol. The lowest BCUT2D eigenvalue weighted by Gasteiger charge is -2.31. The van der Waals surface area contributed by atoms with E-state index >= 15 is 0 Å². The van der Waals surface area contributed by atoms with E-state index in [0.717, 1.165) is 11.3 Å². The van der Waals surface area contributed by atoms with Gasteiger partial charge in [0.1, 0.15) is 11.9 Å². The normalized spacial score (nSPS) is 13.5. The lowest BCUT2D eigenvalue weighted by atomic mass is 9.99. The standard InChI is InChI=1S/C29H28F3N5O6S/c1-2-43-24(38)14-23-25(29(30,31)32)20-15-36(12-11-22(20)44-23)28(40)21(13-16-3-9-19(10-4-16)37(41)42)35-27(39)18-7-5-17(6-8-18)26(33)34/h3-10,21H,2,11-15H2,1H3,(H3,33,34)(H,35,39)/t21-/m0/s1. The van der Waals surface area contributed by atoms with Crippen LogP contribution >= 0.6 is 11.3 Å². The summed E-state index contributed by atoms with van der Waals surface area (Å²) in [6.45, 7) is 1.26. The third kappa shape index (κ3) is 7.40. The van der Waals surface area contributed by atoms with Crippen LogP contribution in [0, 0.1) is 15.5 Å². The smallest absolute Gasteiger partial charge is 0.417 e. The van der Waals surface area contributed by atoms with Crippen LogP contribution in [0.25, 0.3) is 0 Å². The number of nitrogens with one attached hydrogen (secondary N) is 2. The number of hydrogen-bond acceptors (Lipinski definition) is 8. The van der Waals surface area contributed by atoms with Crippen molar-refractivity contribution in [3.8, 4) is 0 Å². The summed E-state index contributed by atoms with van der Waals surface area (Å²) in [5.74, 6) is -2.29. The number of ether oxygens (including phenoxy) is 1. The molecule has 4 rings (SSSR count). The van der Waals surface area contributed by atoms with Gasteiger partial charge >= 0.3 is 12.1 Å². The number of rotatable bonds is 10. The molecule has 232 valence electrons. The molecule has 1 aliphatic heterocycles. The number of esters is 1. The first-order valence-corrected chi connectivity index (χ1v) is 14.2. The molecule has 44 heavy (non-hydrogen) atoms. The minimum absolute atomic E-state index is 0.0241. The Morgan fingerprint density at radius 3 is 2.34 bits per heavy atom. The van der Waals surface area contributed by atoms with Gasteiger partial charge in [-0.1, -0.05) is 24.3 Å². The Morgan fingerprint density at radius 2 is 1.77 bits per heavy atom. The van der Waals surface area contributed by atoms with Crippen LogP contribution in [0.1, 0.15) is 49.3 Å². The summed E-state index contributed by atoms with van der Waals surface area (Å²) < 4.78 is 47.5. The number of hydrogen-bond donors (Lipinski definition) is 3. The maximum atomic E-state index is 14.2. The van der Waals surface area contributed by atoms with Crippen LogP contribution in [0.4, 0.5) is 18.9 Å². The first-order valence-electron chi connectivity index (χ1n) is 13.4. The van der Waals surface area contributed by atoms with E-state index in [2.05, 4.69) is 5.32 Å². The fourth-order valence-corrected chi connectivity index (χ4v) is 6.19. The minimum Gasteiger partial charge on any atom is -0.466 e. The van der Waals surface area contributed by atoms with Gasteiger partial charge in [-0.2, -0.15) is 13.2 Å². The molecule has 0 saturated heterocycles. The van der Waals surface area contributed by atoms with Crippen molar-refractivity contribution in [3.63, 3.8) is 0 Å². The molecule has 3 aromatic rings. The molecule has 1 aliphatic rings. The van der Waals surface area contributed by atoms with Crippen LogP contribution in [0.15, 0.2) is 48.5 Å². The lowest BCUT2D eigenvalue weighted by Crippen LogP contribution is -2.51. The number of nitrogen functional groups attached to an aromatic ring is 1. The lowest BCUT2D eigenvalue weighted by molar-refractivity contribution is -0.384. The first kappa shape index (κ1) is 32.1. The molecule has 1 atom stereocenters. The number of thiophene rings is 1. The Labute approximate surface area is 253 Å². The second kappa shape index (κ2) is 13.2. The van der Waals surface area contributed by atoms with Gasteiger partial charge in [-0.15, -0.1) is 11.3 Å². The number of amides is 2. The summed E-state index contributed by atoms with van der Waals surface area (Å²) >= 11 is 0.875. The molecule has 0 spiro atoms. The van der Waals surface area contributed by atoms with E-state index in [-0.39, 0.29) is 60.1 Å². The SMILES string of the molecule is CCOC(=O)Cc1sc2c(c1C(F)(F)F)CN(C(=O)[C@H](Cc1ccc([N+](=O)[O-])cc1)NC(=O)c1ccc(C(=N)N)cc1)CC2. The minimum atomic E-state index is -4.78. The van der Waals surface area contributed by atoms with Gasteiger partial charge in [-0.25, -0.2) is 0 Å². The van der Waals surface area contributed by atoms with Gasteiger partial charge in [-0.05, 0) is 36.6 Å². The molecule has 2 heterocycles. The third-order valence-electron chi connectivity index (χ3n) is 6.98. The maximum absolute atomic E-state index is 14.2. The number of halogens is 3. The average molecular weight is 632 g/mol. The Morgan fingerprint density at radius 1 is 1.14 bits per heavy atom. The van der Waals surface area contributed by atoms with Gasteiger partial charge in [0.25, 0.3) is 11.6 Å². The van der Waals surface area contributed by atoms with E-state index in [1.54, 1.807) is 6.92 Å². The number of nitro groups is 1. The maximum Gasteiger partial charge on any atom is 0.417 e. The van der Waals surface area contributed by atoms with Crippen LogP contribution in [0.3, 0.4) is 0 Å². The summed E-state index contributed by atoms with van der Waals surface area (Å²) in [6, 6.07) is 9.88. The van der Waals surface area contributed by atoms with Crippen molar-refractivity contribution < 1.29 is 37.2 Å². The van der Waals surface area contributed by atoms with Gasteiger partial charge in [0.15, 0.2) is 0 Å². The number of non-ortho nitro benzene ring substituents is 1. The van der Waals surface area contributed by atoms with Crippen molar-refractivity contribution in [1.29, 1.82) is 5.41 Å². The second-order valence-electron chi connectivity index (χ2n) is 9.94. The van der Waals surface area contributed by atoms with E-state index < -0.39 is 46.9 Å². The average Bonchev–Trinajstić information content (AvgIpc) is 3.34. The number of nitrogens with two attached hydrogens (primary N) is 1. The quantitative estimate of drug-likeness (QED) is 0.0999. The number of carbonyl (C=O) groups excluding carboxylic acids is 3. The van der Waals surface area contributed by atoms with E-state index in [1.807, 2.05) is 0 Å². The topological polar surface area (TPSA) is 169 Å². The predicted octanol–water partition coefficient (Wildman–Crippen LogP) is 3.99. The van der Waals surface area contributed by atoms with Crippen molar-refractivity contribution in [2.75, 3.05) is 13.2 Å². The second-order valence-corrected chi connectivity index (χ2v) is 11.1. The molecule has 0 unspecified atom stereocenters. The summed E-state index contributed by atoms with van der Waals surface area (Å²) in [4.78, 5) is 51.0. The monoisotopic (exact) mass is 631 g/mol. The fraction of sp³-hybridized carbons (Fsp3) is 0.310. The Bertz CT molecular complexity index is 1590. The van der Waals surface area contributed by atoms with E-state index in [1.165, 1.54) is 53.4 Å². The molecule has 0 saturated carbocycles. The van der Waals surface area contributed by atoms with Gasteiger partial charge in [0.05, 0.1) is 23.5 Å². The molecule has 4 N–H and O–H groups in total. The zero-order valence-electron chi connectivity index (χ0n) is 23.4. The summed E-state index contributed by atoms with van der Waals surface area (Å²) in [6.07, 6.45) is -5.31. The van der Waals surface area contributed by atoms with Crippen molar-refractivity contribution in [3.05, 3.63) is 96.2 Å². The molecule has 0 radical (unpaired) electrons. The van der Waals surface area contributed by atoms with E-state index in [4.69, 9.17) is 15.9 Å². The number of nitro benzene ring substituents is 1. The molecule has 1 aromatic heterocycles. The van der Waals surface area contributed by atoms with Crippen LogP contribution < -0.4 is 11.1 Å². The van der Waals surface area contributed by atoms with E-state index in [9.17, 15) is 37.7 Å².